The number of hydrogen-bond acceptors (Lipinski definition) is 4. The molecule has 0 heterocycles. The molecule has 1 saturated carbocycles. The lowest BCUT2D eigenvalue weighted by Crippen LogP contribution is -2.33. The summed E-state index contributed by atoms with van der Waals surface area (Å²) in [5.74, 6) is -1.95. The molecule has 0 aromatic heterocycles. The monoisotopic (exact) mass is 442 g/mol. The van der Waals surface area contributed by atoms with Crippen molar-refractivity contribution in [1.82, 2.24) is 0 Å². The largest absolute Gasteiger partial charge is 0.490 e. The number of aliphatic carboxylic acids is 1. The second-order valence-corrected chi connectivity index (χ2v) is 8.68. The van der Waals surface area contributed by atoms with Gasteiger partial charge in [-0.15, -0.1) is 0 Å². The van der Waals surface area contributed by atoms with Gasteiger partial charge in [0, 0.05) is 18.4 Å². The molecule has 5 nitrogen and oxygen atoms in total. The van der Waals surface area contributed by atoms with Gasteiger partial charge >= 0.3 is 5.97 Å². The molecule has 0 radical (unpaired) electrons. The van der Waals surface area contributed by atoms with E-state index in [2.05, 4.69) is 6.07 Å². The molecule has 1 aliphatic carbocycles. The number of carbonyl (C=O) groups is 2. The Kier molecular flexibility index (Phi) is 7.89. The molecule has 0 atom stereocenters. The van der Waals surface area contributed by atoms with Crippen LogP contribution in [0.2, 0.25) is 0 Å². The summed E-state index contributed by atoms with van der Waals surface area (Å²) in [6.45, 7) is 2.30. The molecule has 6 heteroatoms. The number of hydrogen-bond donors (Lipinski definition) is 1. The molecule has 0 bridgehead atoms. The van der Waals surface area contributed by atoms with E-state index in [-0.39, 0.29) is 35.9 Å². The van der Waals surface area contributed by atoms with Crippen LogP contribution >= 0.6 is 0 Å². The van der Waals surface area contributed by atoms with E-state index in [9.17, 15) is 19.1 Å². The lowest BCUT2D eigenvalue weighted by molar-refractivity contribution is -0.149. The maximum absolute atomic E-state index is 14.7. The van der Waals surface area contributed by atoms with Crippen molar-refractivity contribution in [3.8, 4) is 11.5 Å². The molecule has 32 heavy (non-hydrogen) atoms. The van der Waals surface area contributed by atoms with Gasteiger partial charge in [0.25, 0.3) is 0 Å². The van der Waals surface area contributed by atoms with Gasteiger partial charge in [0.2, 0.25) is 0 Å². The first-order valence-electron chi connectivity index (χ1n) is 11.2. The van der Waals surface area contributed by atoms with E-state index in [0.717, 1.165) is 42.9 Å². The van der Waals surface area contributed by atoms with Crippen molar-refractivity contribution in [2.24, 2.45) is 5.41 Å². The maximum Gasteiger partial charge on any atom is 0.310 e. The van der Waals surface area contributed by atoms with Gasteiger partial charge in [-0.05, 0) is 37.5 Å². The highest BCUT2D eigenvalue weighted by Gasteiger charge is 2.40. The smallest absolute Gasteiger partial charge is 0.310 e. The van der Waals surface area contributed by atoms with Crippen LogP contribution < -0.4 is 9.47 Å². The van der Waals surface area contributed by atoms with E-state index in [1.54, 1.807) is 0 Å². The maximum atomic E-state index is 14.7. The summed E-state index contributed by atoms with van der Waals surface area (Å²) in [5.41, 5.74) is 1.26. The van der Waals surface area contributed by atoms with Crippen molar-refractivity contribution >= 4 is 11.8 Å². The highest BCUT2D eigenvalue weighted by molar-refractivity contribution is 5.99. The number of rotatable bonds is 9. The van der Waals surface area contributed by atoms with Gasteiger partial charge < -0.3 is 14.6 Å². The minimum Gasteiger partial charge on any atom is -0.490 e. The van der Waals surface area contributed by atoms with Crippen molar-refractivity contribution in [1.29, 1.82) is 0 Å². The average molecular weight is 443 g/mol. The minimum atomic E-state index is -1.09. The van der Waals surface area contributed by atoms with Gasteiger partial charge in [0.15, 0.2) is 23.1 Å². The van der Waals surface area contributed by atoms with Crippen LogP contribution in [-0.2, 0) is 11.2 Å². The number of Topliss-reactive ketones (excluding diaryl/α,β-unsaturated/α-hetero) is 1. The fourth-order valence-corrected chi connectivity index (χ4v) is 4.46. The fraction of sp³-hybridized carbons (Fsp3) is 0.462. The molecule has 2 aromatic rings. The van der Waals surface area contributed by atoms with E-state index < -0.39 is 17.2 Å². The molecule has 1 fully saturated rings. The summed E-state index contributed by atoms with van der Waals surface area (Å²) in [6, 6.07) is 10.6. The zero-order chi connectivity index (χ0) is 23.1. The summed E-state index contributed by atoms with van der Waals surface area (Å²) < 4.78 is 25.6. The molecular weight excluding hydrogens is 411 g/mol. The van der Waals surface area contributed by atoms with E-state index in [4.69, 9.17) is 9.47 Å². The number of benzene rings is 2. The van der Waals surface area contributed by atoms with Crippen molar-refractivity contribution in [2.45, 2.75) is 58.3 Å². The summed E-state index contributed by atoms with van der Waals surface area (Å²) in [6.07, 6.45) is 4.91. The molecule has 0 unspecified atom stereocenters. The molecule has 2 aromatic carbocycles. The van der Waals surface area contributed by atoms with Crippen LogP contribution in [0.15, 0.2) is 36.4 Å². The Bertz CT molecular complexity index is 961. The molecule has 0 saturated heterocycles. The molecule has 0 spiro atoms. The number of halogens is 1. The van der Waals surface area contributed by atoms with Gasteiger partial charge in [-0.25, -0.2) is 4.39 Å². The van der Waals surface area contributed by atoms with Crippen LogP contribution in [-0.4, -0.2) is 30.6 Å². The Labute approximate surface area is 188 Å². The minimum absolute atomic E-state index is 0.0618. The molecule has 1 N–H and O–H groups in total. The third-order valence-corrected chi connectivity index (χ3v) is 6.28. The van der Waals surface area contributed by atoms with Crippen molar-refractivity contribution in [3.63, 3.8) is 0 Å². The van der Waals surface area contributed by atoms with Crippen LogP contribution in [0.4, 0.5) is 4.39 Å². The number of carboxylic acids is 1. The lowest BCUT2D eigenvalue weighted by Gasteiger charge is -2.27. The fourth-order valence-electron chi connectivity index (χ4n) is 4.46. The SMILES string of the molecule is COc1c(F)cc(C(=O)CC2(C(=O)O)CCCCCC2)cc1OCCc1cccc(C)c1. The van der Waals surface area contributed by atoms with E-state index in [1.807, 2.05) is 25.1 Å². The molecule has 172 valence electrons. The van der Waals surface area contributed by atoms with Gasteiger partial charge in [0.05, 0.1) is 19.1 Å². The van der Waals surface area contributed by atoms with Gasteiger partial charge in [-0.3, -0.25) is 9.59 Å². The second kappa shape index (κ2) is 10.6. The summed E-state index contributed by atoms with van der Waals surface area (Å²) in [5, 5.41) is 9.87. The lowest BCUT2D eigenvalue weighted by atomic mass is 9.75. The number of carbonyl (C=O) groups excluding carboxylic acids is 1. The first kappa shape index (κ1) is 23.8. The number of ether oxygens (including phenoxy) is 2. The van der Waals surface area contributed by atoms with E-state index in [1.165, 1.54) is 13.2 Å². The van der Waals surface area contributed by atoms with Crippen molar-refractivity contribution in [2.75, 3.05) is 13.7 Å². The van der Waals surface area contributed by atoms with Crippen molar-refractivity contribution in [3.05, 3.63) is 58.9 Å². The summed E-state index contributed by atoms with van der Waals surface area (Å²) >= 11 is 0. The predicted octanol–water partition coefficient (Wildman–Crippen LogP) is 5.76. The highest BCUT2D eigenvalue weighted by Crippen LogP contribution is 2.40. The standard InChI is InChI=1S/C26H31FO5/c1-18-8-7-9-19(14-18)10-13-32-23-16-20(15-21(27)24(23)31-2)22(28)17-26(25(29)30)11-5-3-4-6-12-26/h7-9,14-16H,3-6,10-13,17H2,1-2H3,(H,29,30). The zero-order valence-electron chi connectivity index (χ0n) is 18.8. The zero-order valence-corrected chi connectivity index (χ0v) is 18.8. The Morgan fingerprint density at radius 1 is 1.09 bits per heavy atom. The highest BCUT2D eigenvalue weighted by atomic mass is 19.1. The van der Waals surface area contributed by atoms with E-state index >= 15 is 0 Å². The first-order chi connectivity index (χ1) is 15.3. The molecule has 0 amide bonds. The predicted molar refractivity (Wildman–Crippen MR) is 120 cm³/mol. The Morgan fingerprint density at radius 3 is 2.44 bits per heavy atom. The van der Waals surface area contributed by atoms with E-state index in [0.29, 0.717) is 19.3 Å². The van der Waals surface area contributed by atoms with Crippen LogP contribution in [0.1, 0.15) is 66.4 Å². The van der Waals surface area contributed by atoms with Gasteiger partial charge in [-0.2, -0.15) is 0 Å². The van der Waals surface area contributed by atoms with Crippen molar-refractivity contribution < 1.29 is 28.6 Å². The van der Waals surface area contributed by atoms with Crippen LogP contribution in [0.5, 0.6) is 11.5 Å². The topological polar surface area (TPSA) is 72.8 Å². The van der Waals surface area contributed by atoms with Gasteiger partial charge in [-0.1, -0.05) is 55.5 Å². The van der Waals surface area contributed by atoms with Crippen LogP contribution in [0, 0.1) is 18.2 Å². The quantitative estimate of drug-likeness (QED) is 0.395. The molecular formula is C26H31FO5. The Balaban J connectivity index is 1.78. The number of aryl methyl sites for hydroxylation is 1. The Hall–Kier alpha value is -2.89. The Morgan fingerprint density at radius 2 is 1.81 bits per heavy atom. The third-order valence-electron chi connectivity index (χ3n) is 6.28. The summed E-state index contributed by atoms with van der Waals surface area (Å²) in [7, 11) is 1.35. The first-order valence-corrected chi connectivity index (χ1v) is 11.2. The normalized spacial score (nSPS) is 15.6. The third kappa shape index (κ3) is 5.67. The molecule has 1 aliphatic rings. The van der Waals surface area contributed by atoms with Gasteiger partial charge in [0.1, 0.15) is 0 Å². The summed E-state index contributed by atoms with van der Waals surface area (Å²) in [4.78, 5) is 25.1. The van der Waals surface area contributed by atoms with Crippen LogP contribution in [0.25, 0.3) is 0 Å². The average Bonchev–Trinajstić information content (AvgIpc) is 3.00. The molecule has 0 aliphatic heterocycles. The number of carboxylic acid groups (broad SMARTS) is 1. The number of methoxy groups -OCH3 is 1. The molecule has 3 rings (SSSR count). The number of ketones is 1. The second-order valence-electron chi connectivity index (χ2n) is 8.68. The van der Waals surface area contributed by atoms with Crippen LogP contribution in [0.3, 0.4) is 0 Å².